The van der Waals surface area contributed by atoms with Crippen molar-refractivity contribution in [3.63, 3.8) is 0 Å². The fourth-order valence-electron chi connectivity index (χ4n) is 1.50. The van der Waals surface area contributed by atoms with Gasteiger partial charge in [0.05, 0.1) is 12.6 Å². The second-order valence-electron chi connectivity index (χ2n) is 4.65. The highest BCUT2D eigenvalue weighted by Crippen LogP contribution is 2.23. The van der Waals surface area contributed by atoms with Crippen LogP contribution in [0.4, 0.5) is 0 Å². The number of nitrogens with one attached hydrogen (secondary N) is 1. The summed E-state index contributed by atoms with van der Waals surface area (Å²) in [6.45, 7) is 6.23. The number of hydrogen-bond acceptors (Lipinski definition) is 2. The van der Waals surface area contributed by atoms with Crippen LogP contribution in [0.2, 0.25) is 5.02 Å². The summed E-state index contributed by atoms with van der Waals surface area (Å²) in [4.78, 5) is 0. The maximum atomic E-state index is 9.35. The molecule has 0 heterocycles. The number of aliphatic hydroxyl groups is 1. The van der Waals surface area contributed by atoms with E-state index in [0.29, 0.717) is 5.02 Å². The summed E-state index contributed by atoms with van der Waals surface area (Å²) in [6, 6.07) is 7.47. The molecule has 1 aromatic rings. The van der Waals surface area contributed by atoms with Crippen molar-refractivity contribution < 1.29 is 5.11 Å². The van der Waals surface area contributed by atoms with E-state index in [1.807, 2.05) is 24.3 Å². The van der Waals surface area contributed by atoms with Gasteiger partial charge in [-0.25, -0.2) is 0 Å². The van der Waals surface area contributed by atoms with Gasteiger partial charge in [-0.3, -0.25) is 0 Å². The van der Waals surface area contributed by atoms with E-state index in [2.05, 4.69) is 26.1 Å². The molecule has 0 radical (unpaired) electrons. The lowest BCUT2D eigenvalue weighted by Crippen LogP contribution is -2.40. The first kappa shape index (κ1) is 12.5. The van der Waals surface area contributed by atoms with E-state index in [9.17, 15) is 5.11 Å². The third-order valence-corrected chi connectivity index (χ3v) is 2.41. The van der Waals surface area contributed by atoms with Crippen LogP contribution < -0.4 is 5.32 Å². The van der Waals surface area contributed by atoms with Crippen molar-refractivity contribution in [3.8, 4) is 0 Å². The second-order valence-corrected chi connectivity index (χ2v) is 5.06. The maximum absolute atomic E-state index is 9.35. The molecule has 0 spiro atoms. The normalized spacial score (nSPS) is 13.9. The van der Waals surface area contributed by atoms with Crippen molar-refractivity contribution in [2.45, 2.75) is 32.4 Å². The Morgan fingerprint density at radius 2 is 1.93 bits per heavy atom. The molecule has 2 N–H and O–H groups in total. The lowest BCUT2D eigenvalue weighted by atomic mass is 10.0. The number of aliphatic hydroxyl groups excluding tert-OH is 1. The van der Waals surface area contributed by atoms with Crippen LogP contribution in [0.1, 0.15) is 32.4 Å². The minimum absolute atomic E-state index is 0.0427. The Labute approximate surface area is 96.3 Å². The molecule has 84 valence electrons. The SMILES string of the molecule is CC(C)(C)NC(CO)c1ccccc1Cl. The topological polar surface area (TPSA) is 32.3 Å². The van der Waals surface area contributed by atoms with Crippen molar-refractivity contribution in [3.05, 3.63) is 34.9 Å². The van der Waals surface area contributed by atoms with Gasteiger partial charge in [-0.15, -0.1) is 0 Å². The molecule has 0 saturated carbocycles. The van der Waals surface area contributed by atoms with Gasteiger partial charge in [-0.2, -0.15) is 0 Å². The van der Waals surface area contributed by atoms with Gasteiger partial charge in [0.15, 0.2) is 0 Å². The monoisotopic (exact) mass is 227 g/mol. The van der Waals surface area contributed by atoms with Gasteiger partial charge in [0.25, 0.3) is 0 Å². The quantitative estimate of drug-likeness (QED) is 0.833. The molecule has 1 aromatic carbocycles. The van der Waals surface area contributed by atoms with Crippen LogP contribution in [-0.4, -0.2) is 17.3 Å². The molecule has 3 heteroatoms. The molecule has 2 nitrogen and oxygen atoms in total. The van der Waals surface area contributed by atoms with E-state index in [1.54, 1.807) is 0 Å². The summed E-state index contributed by atoms with van der Waals surface area (Å²) >= 11 is 6.08. The highest BCUT2D eigenvalue weighted by molar-refractivity contribution is 6.31. The van der Waals surface area contributed by atoms with Crippen LogP contribution in [0, 0.1) is 0 Å². The zero-order chi connectivity index (χ0) is 11.5. The number of benzene rings is 1. The van der Waals surface area contributed by atoms with E-state index in [-0.39, 0.29) is 18.2 Å². The van der Waals surface area contributed by atoms with Crippen LogP contribution >= 0.6 is 11.6 Å². The first-order valence-electron chi connectivity index (χ1n) is 5.07. The Morgan fingerprint density at radius 1 is 1.33 bits per heavy atom. The Hall–Kier alpha value is -0.570. The fourth-order valence-corrected chi connectivity index (χ4v) is 1.77. The molecule has 0 amide bonds. The number of halogens is 1. The fraction of sp³-hybridized carbons (Fsp3) is 0.500. The third-order valence-electron chi connectivity index (χ3n) is 2.07. The van der Waals surface area contributed by atoms with Crippen LogP contribution in [-0.2, 0) is 0 Å². The molecule has 0 saturated heterocycles. The van der Waals surface area contributed by atoms with Gasteiger partial charge in [0, 0.05) is 10.6 Å². The van der Waals surface area contributed by atoms with Crippen molar-refractivity contribution in [2.75, 3.05) is 6.61 Å². The van der Waals surface area contributed by atoms with E-state index >= 15 is 0 Å². The molecule has 15 heavy (non-hydrogen) atoms. The van der Waals surface area contributed by atoms with E-state index in [1.165, 1.54) is 0 Å². The van der Waals surface area contributed by atoms with Gasteiger partial charge in [-0.1, -0.05) is 29.8 Å². The van der Waals surface area contributed by atoms with E-state index < -0.39 is 0 Å². The number of hydrogen-bond donors (Lipinski definition) is 2. The molecule has 0 aliphatic rings. The second kappa shape index (κ2) is 4.97. The van der Waals surface area contributed by atoms with Crippen LogP contribution in [0.15, 0.2) is 24.3 Å². The molecule has 0 aromatic heterocycles. The van der Waals surface area contributed by atoms with Gasteiger partial charge >= 0.3 is 0 Å². The highest BCUT2D eigenvalue weighted by Gasteiger charge is 2.19. The summed E-state index contributed by atoms with van der Waals surface area (Å²) < 4.78 is 0. The molecule has 0 bridgehead atoms. The summed E-state index contributed by atoms with van der Waals surface area (Å²) in [5.41, 5.74) is 0.892. The average molecular weight is 228 g/mol. The smallest absolute Gasteiger partial charge is 0.0627 e. The van der Waals surface area contributed by atoms with Gasteiger partial charge in [0.1, 0.15) is 0 Å². The van der Waals surface area contributed by atoms with Crippen molar-refractivity contribution in [1.82, 2.24) is 5.32 Å². The summed E-state index contributed by atoms with van der Waals surface area (Å²) in [7, 11) is 0. The largest absolute Gasteiger partial charge is 0.394 e. The molecule has 1 unspecified atom stereocenters. The Morgan fingerprint density at radius 3 is 2.40 bits per heavy atom. The van der Waals surface area contributed by atoms with E-state index in [4.69, 9.17) is 11.6 Å². The zero-order valence-corrected chi connectivity index (χ0v) is 10.2. The van der Waals surface area contributed by atoms with Crippen molar-refractivity contribution in [1.29, 1.82) is 0 Å². The van der Waals surface area contributed by atoms with Gasteiger partial charge in [-0.05, 0) is 32.4 Å². The molecule has 0 fully saturated rings. The van der Waals surface area contributed by atoms with Crippen LogP contribution in [0.3, 0.4) is 0 Å². The molecular formula is C12H18ClNO. The maximum Gasteiger partial charge on any atom is 0.0627 e. The predicted molar refractivity (Wildman–Crippen MR) is 64.2 cm³/mol. The van der Waals surface area contributed by atoms with Crippen LogP contribution in [0.5, 0.6) is 0 Å². The molecule has 0 aliphatic carbocycles. The van der Waals surface area contributed by atoms with Crippen LogP contribution in [0.25, 0.3) is 0 Å². The Bertz CT molecular complexity index is 320. The van der Waals surface area contributed by atoms with Crippen molar-refractivity contribution in [2.24, 2.45) is 0 Å². The average Bonchev–Trinajstić information content (AvgIpc) is 2.14. The van der Waals surface area contributed by atoms with Gasteiger partial charge in [0.2, 0.25) is 0 Å². The lowest BCUT2D eigenvalue weighted by Gasteiger charge is -2.28. The third kappa shape index (κ3) is 3.82. The summed E-state index contributed by atoms with van der Waals surface area (Å²) in [5, 5.41) is 13.4. The van der Waals surface area contributed by atoms with Gasteiger partial charge < -0.3 is 10.4 Å². The highest BCUT2D eigenvalue weighted by atomic mass is 35.5. The minimum Gasteiger partial charge on any atom is -0.394 e. The Kier molecular flexibility index (Phi) is 4.14. The summed E-state index contributed by atoms with van der Waals surface area (Å²) in [6.07, 6.45) is 0. The van der Waals surface area contributed by atoms with Crippen molar-refractivity contribution >= 4 is 11.6 Å². The minimum atomic E-state index is -0.112. The predicted octanol–water partition coefficient (Wildman–Crippen LogP) is 2.76. The molecular weight excluding hydrogens is 210 g/mol. The summed E-state index contributed by atoms with van der Waals surface area (Å²) in [5.74, 6) is 0. The molecule has 1 atom stereocenters. The lowest BCUT2D eigenvalue weighted by molar-refractivity contribution is 0.217. The standard InChI is InChI=1S/C12H18ClNO/c1-12(2,3)14-11(8-15)9-6-4-5-7-10(9)13/h4-7,11,14-15H,8H2,1-3H3. The molecule has 0 aliphatic heterocycles. The first-order valence-corrected chi connectivity index (χ1v) is 5.45. The zero-order valence-electron chi connectivity index (χ0n) is 9.42. The molecule has 1 rings (SSSR count). The number of rotatable bonds is 3. The Balaban J connectivity index is 2.88. The van der Waals surface area contributed by atoms with E-state index in [0.717, 1.165) is 5.56 Å². The first-order chi connectivity index (χ1) is 6.94.